The molecule has 1 fully saturated rings. The molecule has 3 rings (SSSR count). The van der Waals surface area contributed by atoms with Crippen molar-refractivity contribution in [3.05, 3.63) is 46.4 Å². The molecular formula is C13H15N5O2. The van der Waals surface area contributed by atoms with Gasteiger partial charge >= 0.3 is 0 Å². The van der Waals surface area contributed by atoms with Gasteiger partial charge in [-0.25, -0.2) is 4.98 Å². The van der Waals surface area contributed by atoms with Crippen LogP contribution in [0.5, 0.6) is 0 Å². The molecule has 0 aliphatic carbocycles. The molecule has 3 heterocycles. The van der Waals surface area contributed by atoms with E-state index < -0.39 is 4.92 Å². The van der Waals surface area contributed by atoms with Gasteiger partial charge in [-0.2, -0.15) is 5.10 Å². The molecule has 1 saturated heterocycles. The number of aromatic amines is 1. The summed E-state index contributed by atoms with van der Waals surface area (Å²) in [6.07, 6.45) is 5.27. The average Bonchev–Trinajstić information content (AvgIpc) is 3.02. The fourth-order valence-corrected chi connectivity index (χ4v) is 2.61. The van der Waals surface area contributed by atoms with Crippen LogP contribution in [0.1, 0.15) is 24.5 Å². The minimum absolute atomic E-state index is 0.0240. The molecule has 1 N–H and O–H groups in total. The van der Waals surface area contributed by atoms with E-state index in [-0.39, 0.29) is 5.69 Å². The van der Waals surface area contributed by atoms with Gasteiger partial charge in [0.15, 0.2) is 0 Å². The zero-order valence-electron chi connectivity index (χ0n) is 10.9. The third-order valence-electron chi connectivity index (χ3n) is 3.65. The maximum atomic E-state index is 10.6. The van der Waals surface area contributed by atoms with E-state index in [9.17, 15) is 10.1 Å². The van der Waals surface area contributed by atoms with Crippen molar-refractivity contribution in [3.63, 3.8) is 0 Å². The van der Waals surface area contributed by atoms with E-state index in [1.807, 2.05) is 6.07 Å². The smallest absolute Gasteiger partial charge is 0.287 e. The Morgan fingerprint density at radius 2 is 2.30 bits per heavy atom. The molecule has 104 valence electrons. The van der Waals surface area contributed by atoms with Gasteiger partial charge in [0.2, 0.25) is 0 Å². The van der Waals surface area contributed by atoms with Crippen LogP contribution < -0.4 is 4.90 Å². The van der Waals surface area contributed by atoms with E-state index in [1.165, 1.54) is 12.3 Å². The second-order valence-electron chi connectivity index (χ2n) is 4.93. The number of nitrogens with zero attached hydrogens (tertiary/aromatic N) is 4. The minimum Gasteiger partial charge on any atom is -0.356 e. The topological polar surface area (TPSA) is 88.0 Å². The van der Waals surface area contributed by atoms with E-state index in [0.717, 1.165) is 37.4 Å². The molecule has 2 aromatic rings. The molecule has 0 bridgehead atoms. The van der Waals surface area contributed by atoms with Crippen LogP contribution in [-0.4, -0.2) is 33.2 Å². The molecule has 20 heavy (non-hydrogen) atoms. The molecule has 0 spiro atoms. The highest BCUT2D eigenvalue weighted by atomic mass is 16.6. The highest BCUT2D eigenvalue weighted by Crippen LogP contribution is 2.28. The third kappa shape index (κ3) is 2.47. The summed E-state index contributed by atoms with van der Waals surface area (Å²) >= 11 is 0. The van der Waals surface area contributed by atoms with E-state index in [1.54, 1.807) is 12.3 Å². The second-order valence-corrected chi connectivity index (χ2v) is 4.93. The van der Waals surface area contributed by atoms with Gasteiger partial charge in [-0.05, 0) is 25.0 Å². The zero-order valence-corrected chi connectivity index (χ0v) is 10.9. The quantitative estimate of drug-likeness (QED) is 0.683. The lowest BCUT2D eigenvalue weighted by Gasteiger charge is -2.32. The Hall–Kier alpha value is -2.44. The van der Waals surface area contributed by atoms with Crippen molar-refractivity contribution < 1.29 is 4.92 Å². The maximum absolute atomic E-state index is 10.6. The van der Waals surface area contributed by atoms with Gasteiger partial charge in [0.1, 0.15) is 12.0 Å². The number of hydrogen-bond acceptors (Lipinski definition) is 5. The lowest BCUT2D eigenvalue weighted by atomic mass is 9.95. The number of nitro groups is 1. The van der Waals surface area contributed by atoms with Crippen LogP contribution in [0.15, 0.2) is 30.6 Å². The van der Waals surface area contributed by atoms with Crippen LogP contribution in [0.2, 0.25) is 0 Å². The Labute approximate surface area is 115 Å². The van der Waals surface area contributed by atoms with Crippen molar-refractivity contribution in [2.24, 2.45) is 0 Å². The number of pyridine rings is 1. The molecule has 0 amide bonds. The van der Waals surface area contributed by atoms with E-state index >= 15 is 0 Å². The van der Waals surface area contributed by atoms with Crippen molar-refractivity contribution in [2.75, 3.05) is 18.0 Å². The van der Waals surface area contributed by atoms with Gasteiger partial charge < -0.3 is 4.90 Å². The highest BCUT2D eigenvalue weighted by Gasteiger charge is 2.23. The number of hydrogen-bond donors (Lipinski definition) is 1. The van der Waals surface area contributed by atoms with Crippen molar-refractivity contribution >= 4 is 11.5 Å². The standard InChI is InChI=1S/C13H15N5O2/c19-18(20)11-3-4-13(14-8-11)17-7-1-2-10(9-17)12-5-6-15-16-12/h3-6,8,10H,1-2,7,9H2,(H,15,16)/t10-/m0/s1. The number of anilines is 1. The summed E-state index contributed by atoms with van der Waals surface area (Å²) in [6.45, 7) is 1.78. The molecule has 0 saturated carbocycles. The van der Waals surface area contributed by atoms with Crippen LogP contribution >= 0.6 is 0 Å². The Kier molecular flexibility index (Phi) is 3.32. The summed E-state index contributed by atoms with van der Waals surface area (Å²) in [5.74, 6) is 1.20. The molecule has 7 nitrogen and oxygen atoms in total. The van der Waals surface area contributed by atoms with Gasteiger partial charge in [-0.1, -0.05) is 0 Å². The van der Waals surface area contributed by atoms with Crippen molar-refractivity contribution in [1.82, 2.24) is 15.2 Å². The number of nitrogens with one attached hydrogen (secondary N) is 1. The lowest BCUT2D eigenvalue weighted by molar-refractivity contribution is -0.385. The van der Waals surface area contributed by atoms with Gasteiger partial charge in [-0.15, -0.1) is 0 Å². The summed E-state index contributed by atoms with van der Waals surface area (Å²) in [7, 11) is 0. The van der Waals surface area contributed by atoms with E-state index in [4.69, 9.17) is 0 Å². The van der Waals surface area contributed by atoms with Gasteiger partial charge in [0.25, 0.3) is 5.69 Å². The van der Waals surface area contributed by atoms with Crippen LogP contribution in [0.25, 0.3) is 0 Å². The van der Waals surface area contributed by atoms with E-state index in [2.05, 4.69) is 20.1 Å². The SMILES string of the molecule is O=[N+]([O-])c1ccc(N2CCC[C@H](c3ccn[nH]3)C2)nc1. The second kappa shape index (κ2) is 5.28. The molecule has 0 aromatic carbocycles. The molecule has 1 aliphatic rings. The summed E-state index contributed by atoms with van der Waals surface area (Å²) < 4.78 is 0. The largest absolute Gasteiger partial charge is 0.356 e. The van der Waals surface area contributed by atoms with Gasteiger partial charge in [0, 0.05) is 37.0 Å². The summed E-state index contributed by atoms with van der Waals surface area (Å²) in [4.78, 5) is 16.6. The molecule has 7 heteroatoms. The first-order chi connectivity index (χ1) is 9.74. The first-order valence-corrected chi connectivity index (χ1v) is 6.58. The fraction of sp³-hybridized carbons (Fsp3) is 0.385. The lowest BCUT2D eigenvalue weighted by Crippen LogP contribution is -2.35. The Bertz CT molecular complexity index is 581. The monoisotopic (exact) mass is 273 g/mol. The molecule has 2 aromatic heterocycles. The maximum Gasteiger partial charge on any atom is 0.287 e. The van der Waals surface area contributed by atoms with Crippen molar-refractivity contribution in [3.8, 4) is 0 Å². The van der Waals surface area contributed by atoms with Gasteiger partial charge in [-0.3, -0.25) is 15.2 Å². The number of aromatic nitrogens is 3. The third-order valence-corrected chi connectivity index (χ3v) is 3.65. The highest BCUT2D eigenvalue weighted by molar-refractivity contribution is 5.43. The molecule has 1 aliphatic heterocycles. The predicted molar refractivity (Wildman–Crippen MR) is 73.7 cm³/mol. The van der Waals surface area contributed by atoms with Crippen molar-refractivity contribution in [2.45, 2.75) is 18.8 Å². The van der Waals surface area contributed by atoms with Crippen LogP contribution in [0.4, 0.5) is 11.5 Å². The Morgan fingerprint density at radius 3 is 2.95 bits per heavy atom. The number of piperidine rings is 1. The molecular weight excluding hydrogens is 258 g/mol. The van der Waals surface area contributed by atoms with Crippen molar-refractivity contribution in [1.29, 1.82) is 0 Å². The van der Waals surface area contributed by atoms with Crippen LogP contribution in [0, 0.1) is 10.1 Å². The first kappa shape index (κ1) is 12.6. The molecule has 0 radical (unpaired) electrons. The predicted octanol–water partition coefficient (Wildman–Crippen LogP) is 2.10. The first-order valence-electron chi connectivity index (χ1n) is 6.58. The normalized spacial score (nSPS) is 19.0. The fourth-order valence-electron chi connectivity index (χ4n) is 2.61. The molecule has 1 atom stereocenters. The summed E-state index contributed by atoms with van der Waals surface area (Å²) in [6, 6.07) is 5.22. The Balaban J connectivity index is 1.75. The minimum atomic E-state index is -0.430. The van der Waals surface area contributed by atoms with E-state index in [0.29, 0.717) is 5.92 Å². The summed E-state index contributed by atoms with van der Waals surface area (Å²) in [5, 5.41) is 17.6. The number of H-pyrrole nitrogens is 1. The van der Waals surface area contributed by atoms with Crippen LogP contribution in [-0.2, 0) is 0 Å². The zero-order chi connectivity index (χ0) is 13.9. The summed E-state index contributed by atoms with van der Waals surface area (Å²) in [5.41, 5.74) is 1.16. The average molecular weight is 273 g/mol. The van der Waals surface area contributed by atoms with Crippen LogP contribution in [0.3, 0.4) is 0 Å². The molecule has 0 unspecified atom stereocenters. The Morgan fingerprint density at radius 1 is 1.40 bits per heavy atom. The van der Waals surface area contributed by atoms with Gasteiger partial charge in [0.05, 0.1) is 4.92 Å². The number of rotatable bonds is 3.